The van der Waals surface area contributed by atoms with E-state index in [-0.39, 0.29) is 11.5 Å². The Morgan fingerprint density at radius 1 is 1.48 bits per heavy atom. The van der Waals surface area contributed by atoms with Gasteiger partial charge in [-0.25, -0.2) is 0 Å². The number of amides is 1. The molecule has 0 spiro atoms. The molecular weight excluding hydrogens is 264 g/mol. The second kappa shape index (κ2) is 6.75. The zero-order valence-corrected chi connectivity index (χ0v) is 12.7. The van der Waals surface area contributed by atoms with Gasteiger partial charge in [-0.2, -0.15) is 0 Å². The van der Waals surface area contributed by atoms with Gasteiger partial charge in [0, 0.05) is 24.3 Å². The molecule has 1 saturated heterocycles. The summed E-state index contributed by atoms with van der Waals surface area (Å²) in [5.74, 6) is 5.68. The van der Waals surface area contributed by atoms with Crippen molar-refractivity contribution in [2.24, 2.45) is 5.73 Å². The van der Waals surface area contributed by atoms with Gasteiger partial charge in [0.15, 0.2) is 0 Å². The molecule has 1 fully saturated rings. The summed E-state index contributed by atoms with van der Waals surface area (Å²) >= 11 is 0. The smallest absolute Gasteiger partial charge is 0.251 e. The van der Waals surface area contributed by atoms with Gasteiger partial charge in [-0.3, -0.25) is 4.79 Å². The van der Waals surface area contributed by atoms with Crippen LogP contribution in [0.5, 0.6) is 0 Å². The number of ether oxygens (including phenoxy) is 1. The summed E-state index contributed by atoms with van der Waals surface area (Å²) in [5.41, 5.74) is 7.59. The molecule has 4 nitrogen and oxygen atoms in total. The molecule has 1 aliphatic heterocycles. The van der Waals surface area contributed by atoms with E-state index in [9.17, 15) is 4.79 Å². The molecule has 1 aromatic rings. The molecule has 0 radical (unpaired) electrons. The van der Waals surface area contributed by atoms with Crippen LogP contribution in [0, 0.1) is 18.8 Å². The lowest BCUT2D eigenvalue weighted by molar-refractivity contribution is 0.0206. The van der Waals surface area contributed by atoms with Gasteiger partial charge in [0.25, 0.3) is 5.91 Å². The minimum Gasteiger partial charge on any atom is -0.373 e. The van der Waals surface area contributed by atoms with E-state index in [0.29, 0.717) is 18.7 Å². The molecule has 21 heavy (non-hydrogen) atoms. The minimum atomic E-state index is -0.234. The van der Waals surface area contributed by atoms with Crippen molar-refractivity contribution in [2.75, 3.05) is 19.7 Å². The Morgan fingerprint density at radius 3 is 2.95 bits per heavy atom. The molecule has 0 aliphatic carbocycles. The van der Waals surface area contributed by atoms with E-state index in [0.717, 1.165) is 30.6 Å². The normalized spacial score (nSPS) is 20.7. The van der Waals surface area contributed by atoms with Crippen LogP contribution in [0.2, 0.25) is 0 Å². The van der Waals surface area contributed by atoms with E-state index in [1.165, 1.54) is 0 Å². The summed E-state index contributed by atoms with van der Waals surface area (Å²) in [6.07, 6.45) is 2.03. The molecule has 0 bridgehead atoms. The number of carbonyl (C=O) groups excluding carboxylic acids is 1. The highest BCUT2D eigenvalue weighted by atomic mass is 16.5. The van der Waals surface area contributed by atoms with Crippen LogP contribution in [0.25, 0.3) is 0 Å². The predicted octanol–water partition coefficient (Wildman–Crippen LogP) is 1.60. The number of carbonyl (C=O) groups is 1. The third kappa shape index (κ3) is 4.32. The van der Waals surface area contributed by atoms with Gasteiger partial charge in [0.2, 0.25) is 0 Å². The predicted molar refractivity (Wildman–Crippen MR) is 83.0 cm³/mol. The number of nitrogens with two attached hydrogens (primary N) is 1. The molecule has 1 unspecified atom stereocenters. The number of hydrogen-bond acceptors (Lipinski definition) is 3. The fourth-order valence-corrected chi connectivity index (χ4v) is 2.49. The van der Waals surface area contributed by atoms with Crippen molar-refractivity contribution in [1.29, 1.82) is 0 Å². The van der Waals surface area contributed by atoms with Crippen molar-refractivity contribution in [3.63, 3.8) is 0 Å². The largest absolute Gasteiger partial charge is 0.373 e. The second-order valence-corrected chi connectivity index (χ2v) is 5.68. The summed E-state index contributed by atoms with van der Waals surface area (Å²) < 4.78 is 5.68. The van der Waals surface area contributed by atoms with Crippen LogP contribution in [0.3, 0.4) is 0 Å². The zero-order valence-electron chi connectivity index (χ0n) is 12.7. The second-order valence-electron chi connectivity index (χ2n) is 5.68. The Morgan fingerprint density at radius 2 is 2.29 bits per heavy atom. The highest BCUT2D eigenvalue weighted by molar-refractivity contribution is 5.94. The maximum absolute atomic E-state index is 12.3. The van der Waals surface area contributed by atoms with Crippen LogP contribution < -0.4 is 11.1 Å². The minimum absolute atomic E-state index is 0.0915. The number of hydrogen-bond donors (Lipinski definition) is 2. The van der Waals surface area contributed by atoms with Crippen molar-refractivity contribution in [2.45, 2.75) is 32.3 Å². The highest BCUT2D eigenvalue weighted by Gasteiger charge is 2.30. The first kappa shape index (κ1) is 15.6. The maximum atomic E-state index is 12.3. The van der Waals surface area contributed by atoms with Crippen LogP contribution in [0.1, 0.15) is 41.3 Å². The molecule has 1 aromatic carbocycles. The van der Waals surface area contributed by atoms with Gasteiger partial charge in [-0.15, -0.1) is 0 Å². The van der Waals surface area contributed by atoms with Crippen LogP contribution in [0.15, 0.2) is 18.2 Å². The Bertz CT molecular complexity index is 578. The van der Waals surface area contributed by atoms with Gasteiger partial charge in [-0.1, -0.05) is 11.8 Å². The van der Waals surface area contributed by atoms with E-state index in [2.05, 4.69) is 17.2 Å². The molecule has 112 valence electrons. The van der Waals surface area contributed by atoms with Gasteiger partial charge >= 0.3 is 0 Å². The van der Waals surface area contributed by atoms with Crippen molar-refractivity contribution in [1.82, 2.24) is 5.32 Å². The lowest BCUT2D eigenvalue weighted by atomic mass is 10.0. The topological polar surface area (TPSA) is 64.4 Å². The van der Waals surface area contributed by atoms with Gasteiger partial charge in [0.05, 0.1) is 12.1 Å². The quantitative estimate of drug-likeness (QED) is 0.830. The first-order chi connectivity index (χ1) is 10.0. The van der Waals surface area contributed by atoms with E-state index in [1.54, 1.807) is 6.07 Å². The Labute approximate surface area is 126 Å². The van der Waals surface area contributed by atoms with Crippen molar-refractivity contribution >= 4 is 5.91 Å². The first-order valence-corrected chi connectivity index (χ1v) is 7.25. The SMILES string of the molecule is Cc1cc(C#CCN)cc(C(=O)NCC2(C)CCCO2)c1. The van der Waals surface area contributed by atoms with E-state index in [1.807, 2.05) is 26.0 Å². The van der Waals surface area contributed by atoms with Crippen LogP contribution in [-0.4, -0.2) is 31.2 Å². The van der Waals surface area contributed by atoms with Crippen molar-refractivity contribution in [3.8, 4) is 11.8 Å². The summed E-state index contributed by atoms with van der Waals surface area (Å²) in [7, 11) is 0. The molecule has 0 aromatic heterocycles. The fourth-order valence-electron chi connectivity index (χ4n) is 2.49. The highest BCUT2D eigenvalue weighted by Crippen LogP contribution is 2.24. The molecule has 1 aliphatic rings. The maximum Gasteiger partial charge on any atom is 0.251 e. The van der Waals surface area contributed by atoms with E-state index >= 15 is 0 Å². The lowest BCUT2D eigenvalue weighted by Crippen LogP contribution is -2.40. The van der Waals surface area contributed by atoms with Crippen molar-refractivity contribution in [3.05, 3.63) is 34.9 Å². The molecule has 1 amide bonds. The van der Waals surface area contributed by atoms with E-state index < -0.39 is 0 Å². The zero-order chi connectivity index (χ0) is 15.3. The molecule has 1 heterocycles. The number of nitrogens with one attached hydrogen (secondary N) is 1. The monoisotopic (exact) mass is 286 g/mol. The molecule has 4 heteroatoms. The van der Waals surface area contributed by atoms with Crippen molar-refractivity contribution < 1.29 is 9.53 Å². The summed E-state index contributed by atoms with van der Waals surface area (Å²) in [4.78, 5) is 12.3. The first-order valence-electron chi connectivity index (χ1n) is 7.25. The van der Waals surface area contributed by atoms with Crippen LogP contribution in [-0.2, 0) is 4.74 Å². The summed E-state index contributed by atoms with van der Waals surface area (Å²) in [6.45, 7) is 5.60. The molecule has 3 N–H and O–H groups in total. The number of benzene rings is 1. The molecular formula is C17H22N2O2. The summed E-state index contributed by atoms with van der Waals surface area (Å²) in [6, 6.07) is 5.60. The van der Waals surface area contributed by atoms with Crippen LogP contribution >= 0.6 is 0 Å². The summed E-state index contributed by atoms with van der Waals surface area (Å²) in [5, 5.41) is 2.96. The average Bonchev–Trinajstić information content (AvgIpc) is 2.89. The fraction of sp³-hybridized carbons (Fsp3) is 0.471. The Hall–Kier alpha value is -1.83. The number of aryl methyl sites for hydroxylation is 1. The van der Waals surface area contributed by atoms with Gasteiger partial charge < -0.3 is 15.8 Å². The Balaban J connectivity index is 2.06. The third-order valence-corrected chi connectivity index (χ3v) is 3.60. The standard InChI is InChI=1S/C17H22N2O2/c1-13-9-14(5-3-7-18)11-15(10-13)16(20)19-12-17(2)6-4-8-21-17/h9-11H,4,6-8,12,18H2,1-2H3,(H,19,20). The number of rotatable bonds is 3. The van der Waals surface area contributed by atoms with Gasteiger partial charge in [-0.05, 0) is 50.5 Å². The molecule has 2 rings (SSSR count). The third-order valence-electron chi connectivity index (χ3n) is 3.60. The van der Waals surface area contributed by atoms with Crippen LogP contribution in [0.4, 0.5) is 0 Å². The molecule has 1 atom stereocenters. The van der Waals surface area contributed by atoms with E-state index in [4.69, 9.17) is 10.5 Å². The molecule has 0 saturated carbocycles. The average molecular weight is 286 g/mol. The lowest BCUT2D eigenvalue weighted by Gasteiger charge is -2.23. The van der Waals surface area contributed by atoms with Gasteiger partial charge in [0.1, 0.15) is 0 Å². The Kier molecular flexibility index (Phi) is 5.00.